The molecule has 1 heterocycles. The van der Waals surface area contributed by atoms with Gasteiger partial charge in [-0.05, 0) is 44.0 Å². The molecule has 1 aliphatic carbocycles. The zero-order chi connectivity index (χ0) is 15.5. The Labute approximate surface area is 128 Å². The van der Waals surface area contributed by atoms with Gasteiger partial charge < -0.3 is 10.1 Å². The zero-order valence-electron chi connectivity index (χ0n) is 12.3. The van der Waals surface area contributed by atoms with E-state index in [0.717, 1.165) is 0 Å². The van der Waals surface area contributed by atoms with Gasteiger partial charge in [0.2, 0.25) is 0 Å². The van der Waals surface area contributed by atoms with Gasteiger partial charge in [0, 0.05) is 16.1 Å². The average molecular weight is 308 g/mol. The Morgan fingerprint density at radius 2 is 1.81 bits per heavy atom. The van der Waals surface area contributed by atoms with E-state index in [4.69, 9.17) is 16.3 Å². The van der Waals surface area contributed by atoms with E-state index in [-0.39, 0.29) is 11.9 Å². The highest BCUT2D eigenvalue weighted by molar-refractivity contribution is 6.30. The molecule has 2 atom stereocenters. The molecule has 1 aromatic rings. The number of ether oxygens (including phenoxy) is 1. The summed E-state index contributed by atoms with van der Waals surface area (Å²) in [6.07, 6.45) is 1.23. The lowest BCUT2D eigenvalue weighted by Gasteiger charge is -2.35. The third kappa shape index (κ3) is 1.68. The van der Waals surface area contributed by atoms with Crippen molar-refractivity contribution in [3.05, 3.63) is 29.3 Å². The molecule has 4 nitrogen and oxygen atoms in total. The largest absolute Gasteiger partial charge is 0.448 e. The number of nitrogens with one attached hydrogen (secondary N) is 1. The highest BCUT2D eigenvalue weighted by atomic mass is 35.5. The molecule has 1 N–H and O–H groups in total. The van der Waals surface area contributed by atoms with E-state index in [1.54, 1.807) is 24.3 Å². The number of rotatable bonds is 2. The Morgan fingerprint density at radius 3 is 2.29 bits per heavy atom. The van der Waals surface area contributed by atoms with Crippen molar-refractivity contribution < 1.29 is 14.3 Å². The molecule has 2 bridgehead atoms. The zero-order valence-corrected chi connectivity index (χ0v) is 13.1. The first-order valence-electron chi connectivity index (χ1n) is 7.03. The van der Waals surface area contributed by atoms with E-state index >= 15 is 0 Å². The lowest BCUT2D eigenvalue weighted by Crippen LogP contribution is -2.50. The van der Waals surface area contributed by atoms with Gasteiger partial charge in [-0.2, -0.15) is 0 Å². The van der Waals surface area contributed by atoms with E-state index in [1.165, 1.54) is 0 Å². The SMILES string of the molecule is CC1(C)[C@@]2(C)CC[C@]1(C(=O)Nc1ccc(Cl)cc1)OC2=O. The standard InChI is InChI=1S/C16H18ClNO3/c1-14(2)15(3)8-9-16(14,21-13(15)20)12(19)18-11-6-4-10(17)5-7-11/h4-7H,8-9H2,1-3H3,(H,18,19)/t15-,16+/m0/s1. The Morgan fingerprint density at radius 1 is 1.19 bits per heavy atom. The highest BCUT2D eigenvalue weighted by Crippen LogP contribution is 2.65. The molecule has 3 rings (SSSR count). The van der Waals surface area contributed by atoms with Crippen LogP contribution in [0.15, 0.2) is 24.3 Å². The topological polar surface area (TPSA) is 55.4 Å². The van der Waals surface area contributed by atoms with Crippen LogP contribution in [0.4, 0.5) is 5.69 Å². The molecule has 1 amide bonds. The molecule has 2 fully saturated rings. The van der Waals surface area contributed by atoms with Crippen LogP contribution < -0.4 is 5.32 Å². The predicted octanol–water partition coefficient (Wildman–Crippen LogP) is 3.40. The van der Waals surface area contributed by atoms with Crippen LogP contribution in [0.2, 0.25) is 5.02 Å². The van der Waals surface area contributed by atoms with Crippen molar-refractivity contribution >= 4 is 29.2 Å². The third-order valence-corrected chi connectivity index (χ3v) is 5.80. The molecular formula is C16H18ClNO3. The summed E-state index contributed by atoms with van der Waals surface area (Å²) in [4.78, 5) is 24.9. The molecule has 21 heavy (non-hydrogen) atoms. The maximum Gasteiger partial charge on any atom is 0.313 e. The number of halogens is 1. The van der Waals surface area contributed by atoms with E-state index in [1.807, 2.05) is 20.8 Å². The van der Waals surface area contributed by atoms with Crippen molar-refractivity contribution in [2.24, 2.45) is 10.8 Å². The number of benzene rings is 1. The summed E-state index contributed by atoms with van der Waals surface area (Å²) in [6, 6.07) is 6.88. The Balaban J connectivity index is 1.91. The summed E-state index contributed by atoms with van der Waals surface area (Å²) < 4.78 is 5.55. The van der Waals surface area contributed by atoms with Crippen LogP contribution in [0.1, 0.15) is 33.6 Å². The number of hydrogen-bond donors (Lipinski definition) is 1. The highest BCUT2D eigenvalue weighted by Gasteiger charge is 2.75. The van der Waals surface area contributed by atoms with Gasteiger partial charge in [-0.1, -0.05) is 25.4 Å². The minimum absolute atomic E-state index is 0.260. The van der Waals surface area contributed by atoms with Crippen LogP contribution in [0.5, 0.6) is 0 Å². The smallest absolute Gasteiger partial charge is 0.313 e. The number of fused-ring (bicyclic) bond motifs is 2. The van der Waals surface area contributed by atoms with Gasteiger partial charge in [-0.25, -0.2) is 0 Å². The van der Waals surface area contributed by atoms with Gasteiger partial charge in [0.25, 0.3) is 5.91 Å². The van der Waals surface area contributed by atoms with Crippen LogP contribution in [0.3, 0.4) is 0 Å². The summed E-state index contributed by atoms with van der Waals surface area (Å²) in [7, 11) is 0. The summed E-state index contributed by atoms with van der Waals surface area (Å²) in [5.41, 5.74) is -1.57. The second kappa shape index (κ2) is 4.23. The first-order valence-corrected chi connectivity index (χ1v) is 7.41. The van der Waals surface area contributed by atoms with Crippen LogP contribution in [0, 0.1) is 10.8 Å². The summed E-state index contributed by atoms with van der Waals surface area (Å²) in [6.45, 7) is 5.76. The van der Waals surface area contributed by atoms with Crippen LogP contribution in [-0.4, -0.2) is 17.5 Å². The summed E-state index contributed by atoms with van der Waals surface area (Å²) >= 11 is 5.84. The van der Waals surface area contributed by atoms with E-state index in [0.29, 0.717) is 23.6 Å². The fourth-order valence-corrected chi connectivity index (χ4v) is 3.64. The molecular weight excluding hydrogens is 290 g/mol. The minimum atomic E-state index is -1.08. The van der Waals surface area contributed by atoms with E-state index < -0.39 is 16.4 Å². The summed E-state index contributed by atoms with van der Waals surface area (Å²) in [5, 5.41) is 3.45. The number of amides is 1. The molecule has 1 saturated carbocycles. The molecule has 1 saturated heterocycles. The van der Waals surface area contributed by atoms with Gasteiger partial charge in [0.05, 0.1) is 5.41 Å². The number of esters is 1. The molecule has 1 aromatic carbocycles. The predicted molar refractivity (Wildman–Crippen MR) is 80.0 cm³/mol. The van der Waals surface area contributed by atoms with Crippen molar-refractivity contribution in [2.45, 2.75) is 39.2 Å². The van der Waals surface area contributed by atoms with Gasteiger partial charge in [0.1, 0.15) is 0 Å². The lowest BCUT2D eigenvalue weighted by atomic mass is 9.66. The average Bonchev–Trinajstić information content (AvgIpc) is 2.72. The first kappa shape index (κ1) is 14.4. The van der Waals surface area contributed by atoms with Crippen LogP contribution >= 0.6 is 11.6 Å². The molecule has 2 aliphatic rings. The van der Waals surface area contributed by atoms with Gasteiger partial charge >= 0.3 is 5.97 Å². The second-order valence-electron chi connectivity index (χ2n) is 6.63. The molecule has 0 radical (unpaired) electrons. The van der Waals surface area contributed by atoms with Gasteiger partial charge in [0.15, 0.2) is 5.60 Å². The maximum absolute atomic E-state index is 12.8. The number of carbonyl (C=O) groups is 2. The van der Waals surface area contributed by atoms with E-state index in [9.17, 15) is 9.59 Å². The van der Waals surface area contributed by atoms with Crippen molar-refractivity contribution in [1.82, 2.24) is 0 Å². The second-order valence-corrected chi connectivity index (χ2v) is 7.07. The van der Waals surface area contributed by atoms with Gasteiger partial charge in [-0.3, -0.25) is 9.59 Å². The first-order chi connectivity index (χ1) is 9.73. The number of anilines is 1. The third-order valence-electron chi connectivity index (χ3n) is 5.55. The molecule has 0 spiro atoms. The molecule has 112 valence electrons. The Hall–Kier alpha value is -1.55. The van der Waals surface area contributed by atoms with Crippen molar-refractivity contribution in [1.29, 1.82) is 0 Å². The Bertz CT molecular complexity index is 625. The van der Waals surface area contributed by atoms with Crippen molar-refractivity contribution in [2.75, 3.05) is 5.32 Å². The van der Waals surface area contributed by atoms with Gasteiger partial charge in [-0.15, -0.1) is 0 Å². The molecule has 0 unspecified atom stereocenters. The molecule has 5 heteroatoms. The molecule has 0 aromatic heterocycles. The number of carbonyl (C=O) groups excluding carboxylic acids is 2. The van der Waals surface area contributed by atoms with Crippen LogP contribution in [-0.2, 0) is 14.3 Å². The number of hydrogen-bond acceptors (Lipinski definition) is 3. The minimum Gasteiger partial charge on any atom is -0.448 e. The Kier molecular flexibility index (Phi) is 2.90. The fraction of sp³-hybridized carbons (Fsp3) is 0.500. The van der Waals surface area contributed by atoms with Crippen LogP contribution in [0.25, 0.3) is 0 Å². The van der Waals surface area contributed by atoms with Crippen molar-refractivity contribution in [3.8, 4) is 0 Å². The summed E-state index contributed by atoms with van der Waals surface area (Å²) in [5.74, 6) is -0.533. The maximum atomic E-state index is 12.8. The fourth-order valence-electron chi connectivity index (χ4n) is 3.51. The monoisotopic (exact) mass is 307 g/mol. The quantitative estimate of drug-likeness (QED) is 0.852. The van der Waals surface area contributed by atoms with E-state index in [2.05, 4.69) is 5.32 Å². The normalized spacial score (nSPS) is 32.9. The lowest BCUT2D eigenvalue weighted by molar-refractivity contribution is -0.165. The molecule has 1 aliphatic heterocycles. The van der Waals surface area contributed by atoms with Crippen molar-refractivity contribution in [3.63, 3.8) is 0 Å².